The van der Waals surface area contributed by atoms with Gasteiger partial charge in [-0.15, -0.1) is 0 Å². The highest BCUT2D eigenvalue weighted by molar-refractivity contribution is 6.31. The summed E-state index contributed by atoms with van der Waals surface area (Å²) in [5.74, 6) is -0.0744. The molecule has 24 heavy (non-hydrogen) atoms. The van der Waals surface area contributed by atoms with Crippen LogP contribution in [0, 0.1) is 5.82 Å². The van der Waals surface area contributed by atoms with Crippen molar-refractivity contribution in [1.29, 1.82) is 0 Å². The predicted molar refractivity (Wildman–Crippen MR) is 90.7 cm³/mol. The van der Waals surface area contributed by atoms with E-state index in [1.54, 1.807) is 12.3 Å². The average molecular weight is 320 g/mol. The molecule has 0 fully saturated rings. The summed E-state index contributed by atoms with van der Waals surface area (Å²) in [6.07, 6.45) is 1.57. The van der Waals surface area contributed by atoms with Gasteiger partial charge in [-0.3, -0.25) is 9.89 Å². The van der Waals surface area contributed by atoms with E-state index in [9.17, 15) is 9.18 Å². The molecule has 0 aliphatic carbocycles. The third kappa shape index (κ3) is 2.54. The highest BCUT2D eigenvalue weighted by Crippen LogP contribution is 2.32. The van der Waals surface area contributed by atoms with Crippen molar-refractivity contribution in [2.75, 3.05) is 10.6 Å². The fourth-order valence-corrected chi connectivity index (χ4v) is 2.62. The second-order valence-electron chi connectivity index (χ2n) is 5.38. The Balaban J connectivity index is 1.58. The topological polar surface area (TPSA) is 69.8 Å². The normalized spacial score (nSPS) is 14.5. The van der Waals surface area contributed by atoms with Gasteiger partial charge in [0, 0.05) is 17.8 Å². The Morgan fingerprint density at radius 2 is 1.92 bits per heavy atom. The Bertz CT molecular complexity index is 947. The first kappa shape index (κ1) is 14.2. The number of rotatable bonds is 3. The van der Waals surface area contributed by atoms with Crippen LogP contribution in [0.4, 0.5) is 15.9 Å². The van der Waals surface area contributed by atoms with Crippen LogP contribution in [0.3, 0.4) is 0 Å². The third-order valence-corrected chi connectivity index (χ3v) is 3.79. The molecular formula is C18H13FN4O. The van der Waals surface area contributed by atoms with Crippen molar-refractivity contribution in [3.05, 3.63) is 72.2 Å². The molecule has 6 heteroatoms. The molecule has 5 nitrogen and oxygen atoms in total. The van der Waals surface area contributed by atoms with Crippen LogP contribution in [0.15, 0.2) is 60.8 Å². The first-order valence-electron chi connectivity index (χ1n) is 7.39. The van der Waals surface area contributed by atoms with Crippen LogP contribution in [0.1, 0.15) is 5.56 Å². The lowest BCUT2D eigenvalue weighted by molar-refractivity contribution is -0.110. The number of amides is 1. The van der Waals surface area contributed by atoms with Crippen LogP contribution >= 0.6 is 0 Å². The smallest absolute Gasteiger partial charge is 0.257 e. The molecule has 1 aliphatic heterocycles. The van der Waals surface area contributed by atoms with E-state index in [1.807, 2.05) is 36.4 Å². The quantitative estimate of drug-likeness (QED) is 0.646. The molecular weight excluding hydrogens is 307 g/mol. The lowest BCUT2D eigenvalue weighted by Crippen LogP contribution is -2.05. The highest BCUT2D eigenvalue weighted by Gasteiger charge is 2.24. The van der Waals surface area contributed by atoms with E-state index < -0.39 is 0 Å². The standard InChI is InChI=1S/C18H13FN4O/c19-12-6-7-13-14(18(24)21-16(13)8-12)10-20-17-9-15(22-23-17)11-4-2-1-3-5-11/h1-10H,(H,21,24)(H2,20,22,23). The number of anilines is 2. The van der Waals surface area contributed by atoms with Gasteiger partial charge in [0.15, 0.2) is 5.82 Å². The van der Waals surface area contributed by atoms with E-state index in [0.29, 0.717) is 22.6 Å². The number of hydrogen-bond acceptors (Lipinski definition) is 3. The van der Waals surface area contributed by atoms with Gasteiger partial charge < -0.3 is 10.6 Å². The summed E-state index contributed by atoms with van der Waals surface area (Å²) in [6, 6.07) is 15.9. The van der Waals surface area contributed by atoms with Crippen LogP contribution in [0.5, 0.6) is 0 Å². The van der Waals surface area contributed by atoms with E-state index in [2.05, 4.69) is 20.8 Å². The molecule has 0 bridgehead atoms. The minimum absolute atomic E-state index is 0.276. The van der Waals surface area contributed by atoms with Gasteiger partial charge in [0.2, 0.25) is 0 Å². The molecule has 0 saturated carbocycles. The van der Waals surface area contributed by atoms with Gasteiger partial charge in [0.05, 0.1) is 17.0 Å². The number of carbonyl (C=O) groups is 1. The number of aromatic amines is 1. The highest BCUT2D eigenvalue weighted by atomic mass is 19.1. The molecule has 2 heterocycles. The van der Waals surface area contributed by atoms with Crippen molar-refractivity contribution in [2.45, 2.75) is 0 Å². The maximum absolute atomic E-state index is 13.2. The maximum atomic E-state index is 13.2. The monoisotopic (exact) mass is 320 g/mol. The van der Waals surface area contributed by atoms with Gasteiger partial charge in [-0.1, -0.05) is 30.3 Å². The Morgan fingerprint density at radius 1 is 1.08 bits per heavy atom. The largest absolute Gasteiger partial charge is 0.344 e. The summed E-state index contributed by atoms with van der Waals surface area (Å²) in [5, 5.41) is 12.8. The van der Waals surface area contributed by atoms with Crippen molar-refractivity contribution in [1.82, 2.24) is 10.2 Å². The summed E-state index contributed by atoms with van der Waals surface area (Å²) in [7, 11) is 0. The number of hydrogen-bond donors (Lipinski definition) is 3. The number of fused-ring (bicyclic) bond motifs is 1. The molecule has 0 saturated heterocycles. The van der Waals surface area contributed by atoms with Crippen molar-refractivity contribution in [3.63, 3.8) is 0 Å². The van der Waals surface area contributed by atoms with Crippen LogP contribution < -0.4 is 10.6 Å². The van der Waals surface area contributed by atoms with Crippen LogP contribution in [-0.2, 0) is 4.79 Å². The Labute approximate surface area is 137 Å². The first-order chi connectivity index (χ1) is 11.7. The lowest BCUT2D eigenvalue weighted by atomic mass is 10.1. The molecule has 1 aliphatic rings. The van der Waals surface area contributed by atoms with Gasteiger partial charge in [-0.05, 0) is 23.8 Å². The molecule has 0 spiro atoms. The third-order valence-electron chi connectivity index (χ3n) is 3.79. The number of nitrogens with zero attached hydrogens (tertiary/aromatic N) is 1. The van der Waals surface area contributed by atoms with E-state index in [4.69, 9.17) is 0 Å². The maximum Gasteiger partial charge on any atom is 0.257 e. The van der Waals surface area contributed by atoms with Gasteiger partial charge in [0.1, 0.15) is 5.82 Å². The van der Waals surface area contributed by atoms with Crippen molar-refractivity contribution < 1.29 is 9.18 Å². The van der Waals surface area contributed by atoms with Gasteiger partial charge in [-0.25, -0.2) is 4.39 Å². The number of benzene rings is 2. The summed E-state index contributed by atoms with van der Waals surface area (Å²) >= 11 is 0. The minimum Gasteiger partial charge on any atom is -0.344 e. The zero-order valence-corrected chi connectivity index (χ0v) is 12.5. The molecule has 1 amide bonds. The molecule has 3 aromatic rings. The average Bonchev–Trinajstić information content (AvgIpc) is 3.17. The van der Waals surface area contributed by atoms with E-state index >= 15 is 0 Å². The Kier molecular flexibility index (Phi) is 3.35. The van der Waals surface area contributed by atoms with Crippen LogP contribution in [0.2, 0.25) is 0 Å². The zero-order valence-electron chi connectivity index (χ0n) is 12.5. The van der Waals surface area contributed by atoms with Crippen molar-refractivity contribution in [3.8, 4) is 11.3 Å². The van der Waals surface area contributed by atoms with Gasteiger partial charge in [0.25, 0.3) is 5.91 Å². The summed E-state index contributed by atoms with van der Waals surface area (Å²) in [5.41, 5.74) is 3.46. The Hall–Kier alpha value is -3.41. The second kappa shape index (κ2) is 5.66. The molecule has 3 N–H and O–H groups in total. The SMILES string of the molecule is O=C1Nc2cc(F)ccc2C1=CNc1cc(-c2ccccc2)[nH]n1. The number of aromatic nitrogens is 2. The first-order valence-corrected chi connectivity index (χ1v) is 7.39. The minimum atomic E-state index is -0.386. The fraction of sp³-hybridized carbons (Fsp3) is 0. The Morgan fingerprint density at radius 3 is 2.75 bits per heavy atom. The van der Waals surface area contributed by atoms with Crippen LogP contribution in [0.25, 0.3) is 16.8 Å². The molecule has 4 rings (SSSR count). The summed E-state index contributed by atoms with van der Waals surface area (Å²) in [6.45, 7) is 0. The second-order valence-corrected chi connectivity index (χ2v) is 5.38. The number of H-pyrrole nitrogens is 1. The van der Waals surface area contributed by atoms with Gasteiger partial charge >= 0.3 is 0 Å². The predicted octanol–water partition coefficient (Wildman–Crippen LogP) is 3.62. The molecule has 1 aromatic heterocycles. The molecule has 2 aromatic carbocycles. The van der Waals surface area contributed by atoms with E-state index in [1.165, 1.54) is 12.1 Å². The number of carbonyl (C=O) groups excluding carboxylic acids is 1. The fourth-order valence-electron chi connectivity index (χ4n) is 2.62. The van der Waals surface area contributed by atoms with Crippen molar-refractivity contribution in [2.24, 2.45) is 0 Å². The molecule has 0 atom stereocenters. The molecule has 0 radical (unpaired) electrons. The van der Waals surface area contributed by atoms with Crippen LogP contribution in [-0.4, -0.2) is 16.1 Å². The van der Waals surface area contributed by atoms with E-state index in [0.717, 1.165) is 11.3 Å². The zero-order chi connectivity index (χ0) is 16.5. The molecule has 118 valence electrons. The van der Waals surface area contributed by atoms with Crippen molar-refractivity contribution >= 4 is 23.0 Å². The number of halogens is 1. The van der Waals surface area contributed by atoms with E-state index in [-0.39, 0.29) is 11.7 Å². The summed E-state index contributed by atoms with van der Waals surface area (Å²) < 4.78 is 13.2. The van der Waals surface area contributed by atoms with Gasteiger partial charge in [-0.2, -0.15) is 5.10 Å². The number of nitrogens with one attached hydrogen (secondary N) is 3. The molecule has 0 unspecified atom stereocenters. The lowest BCUT2D eigenvalue weighted by Gasteiger charge is -1.99. The summed E-state index contributed by atoms with van der Waals surface area (Å²) in [4.78, 5) is 12.0.